The second-order valence-electron chi connectivity index (χ2n) is 3.40. The maximum Gasteiger partial charge on any atom is 0.0247 e. The smallest absolute Gasteiger partial charge is 0.0247 e. The third kappa shape index (κ3) is 4.41. The summed E-state index contributed by atoms with van der Waals surface area (Å²) in [6.45, 7) is 15.3. The number of rotatable bonds is 6. The van der Waals surface area contributed by atoms with Gasteiger partial charge in [0.1, 0.15) is 0 Å². The summed E-state index contributed by atoms with van der Waals surface area (Å²) in [7, 11) is 0. The van der Waals surface area contributed by atoms with Crippen LogP contribution >= 0.6 is 0 Å². The molecule has 0 aromatic rings. The molecule has 0 aromatic heterocycles. The summed E-state index contributed by atoms with van der Waals surface area (Å²) in [5.74, 6) is 0. The molecule has 1 nitrogen and oxygen atoms in total. The molecule has 0 saturated carbocycles. The van der Waals surface area contributed by atoms with E-state index in [2.05, 4.69) is 19.7 Å². The number of allylic oxidation sites excluding steroid dienone is 7. The van der Waals surface area contributed by atoms with Crippen LogP contribution in [-0.4, -0.2) is 6.21 Å². The summed E-state index contributed by atoms with van der Waals surface area (Å²) in [6.07, 6.45) is 7.68. The van der Waals surface area contributed by atoms with Crippen molar-refractivity contribution in [2.45, 2.75) is 20.3 Å². The molecule has 0 spiro atoms. The predicted molar refractivity (Wildman–Crippen MR) is 69.4 cm³/mol. The van der Waals surface area contributed by atoms with Crippen molar-refractivity contribution in [3.8, 4) is 0 Å². The Hall–Kier alpha value is -1.63. The van der Waals surface area contributed by atoms with Crippen LogP contribution in [0, 0.1) is 5.41 Å². The van der Waals surface area contributed by atoms with Gasteiger partial charge in [0, 0.05) is 6.21 Å². The molecule has 0 aliphatic carbocycles. The average molecular weight is 201 g/mol. The molecule has 0 bridgehead atoms. The second kappa shape index (κ2) is 6.77. The maximum absolute atomic E-state index is 7.18. The molecular weight excluding hydrogens is 182 g/mol. The Morgan fingerprint density at radius 1 is 1.20 bits per heavy atom. The van der Waals surface area contributed by atoms with Gasteiger partial charge in [-0.25, -0.2) is 0 Å². The molecule has 0 rings (SSSR count). The summed E-state index contributed by atoms with van der Waals surface area (Å²) < 4.78 is 0. The summed E-state index contributed by atoms with van der Waals surface area (Å²) in [4.78, 5) is 0. The van der Waals surface area contributed by atoms with Crippen molar-refractivity contribution in [2.24, 2.45) is 0 Å². The first-order valence-corrected chi connectivity index (χ1v) is 4.88. The lowest BCUT2D eigenvalue weighted by atomic mass is 10.0. The molecule has 0 saturated heterocycles. The number of hydrogen-bond donors (Lipinski definition) is 1. The third-order valence-corrected chi connectivity index (χ3v) is 2.27. The van der Waals surface area contributed by atoms with E-state index in [4.69, 9.17) is 5.41 Å². The van der Waals surface area contributed by atoms with Gasteiger partial charge in [-0.05, 0) is 42.6 Å². The second-order valence-corrected chi connectivity index (χ2v) is 3.40. The van der Waals surface area contributed by atoms with Crippen LogP contribution in [0.4, 0.5) is 0 Å². The highest BCUT2D eigenvalue weighted by molar-refractivity contribution is 5.81. The van der Waals surface area contributed by atoms with Crippen molar-refractivity contribution in [1.82, 2.24) is 0 Å². The Morgan fingerprint density at radius 3 is 2.20 bits per heavy atom. The summed E-state index contributed by atoms with van der Waals surface area (Å²) >= 11 is 0. The van der Waals surface area contributed by atoms with Crippen molar-refractivity contribution < 1.29 is 0 Å². The molecule has 0 aliphatic heterocycles. The minimum absolute atomic E-state index is 0.728. The molecular formula is C14H19N. The van der Waals surface area contributed by atoms with Crippen LogP contribution in [-0.2, 0) is 0 Å². The maximum atomic E-state index is 7.18. The zero-order valence-electron chi connectivity index (χ0n) is 9.64. The van der Waals surface area contributed by atoms with Crippen LogP contribution in [0.3, 0.4) is 0 Å². The summed E-state index contributed by atoms with van der Waals surface area (Å²) in [5.41, 5.74) is 4.03. The van der Waals surface area contributed by atoms with Crippen molar-refractivity contribution in [3.05, 3.63) is 60.3 Å². The summed E-state index contributed by atoms with van der Waals surface area (Å²) in [6, 6.07) is 0. The van der Waals surface area contributed by atoms with Crippen LogP contribution in [0.1, 0.15) is 20.3 Å². The monoisotopic (exact) mass is 201 g/mol. The van der Waals surface area contributed by atoms with E-state index in [1.165, 1.54) is 6.21 Å². The normalized spacial score (nSPS) is 12.8. The van der Waals surface area contributed by atoms with Gasteiger partial charge in [-0.2, -0.15) is 0 Å². The van der Waals surface area contributed by atoms with Gasteiger partial charge in [-0.1, -0.05) is 31.4 Å². The molecule has 15 heavy (non-hydrogen) atoms. The fourth-order valence-corrected chi connectivity index (χ4v) is 1.07. The largest absolute Gasteiger partial charge is 0.308 e. The Kier molecular flexibility index (Phi) is 6.03. The number of nitrogens with one attached hydrogen (secondary N) is 1. The van der Waals surface area contributed by atoms with E-state index in [-0.39, 0.29) is 0 Å². The van der Waals surface area contributed by atoms with Gasteiger partial charge in [-0.3, -0.25) is 0 Å². The fourth-order valence-electron chi connectivity index (χ4n) is 1.07. The van der Waals surface area contributed by atoms with Crippen LogP contribution in [0.15, 0.2) is 60.3 Å². The SMILES string of the molecule is C=CC/C(=C/C(C)=C(/C)C=C)C(=C)C=N. The van der Waals surface area contributed by atoms with E-state index in [0.717, 1.165) is 28.7 Å². The van der Waals surface area contributed by atoms with E-state index >= 15 is 0 Å². The quantitative estimate of drug-likeness (QED) is 0.378. The van der Waals surface area contributed by atoms with Gasteiger partial charge in [0.05, 0.1) is 0 Å². The molecule has 0 aromatic carbocycles. The van der Waals surface area contributed by atoms with Gasteiger partial charge in [-0.15, -0.1) is 6.58 Å². The fraction of sp³-hybridized carbons (Fsp3) is 0.214. The molecule has 0 amide bonds. The lowest BCUT2D eigenvalue weighted by Gasteiger charge is -2.05. The standard InChI is InChI=1S/C14H19N/c1-6-8-14(13(5)10-15)9-12(4)11(3)7-2/h6-7,9-10,15H,1-2,5,8H2,3-4H3/b12-11-,14-9-,15-10?. The van der Waals surface area contributed by atoms with Crippen molar-refractivity contribution in [3.63, 3.8) is 0 Å². The Balaban J connectivity index is 5.15. The van der Waals surface area contributed by atoms with Crippen LogP contribution < -0.4 is 0 Å². The first-order valence-electron chi connectivity index (χ1n) is 4.88. The Labute approximate surface area is 92.7 Å². The molecule has 0 aliphatic rings. The molecule has 1 N–H and O–H groups in total. The third-order valence-electron chi connectivity index (χ3n) is 2.27. The molecule has 0 unspecified atom stereocenters. The summed E-state index contributed by atoms with van der Waals surface area (Å²) in [5, 5.41) is 7.18. The Morgan fingerprint density at radius 2 is 1.80 bits per heavy atom. The van der Waals surface area contributed by atoms with Gasteiger partial charge in [0.25, 0.3) is 0 Å². The van der Waals surface area contributed by atoms with Crippen molar-refractivity contribution >= 4 is 6.21 Å². The highest BCUT2D eigenvalue weighted by Crippen LogP contribution is 2.16. The van der Waals surface area contributed by atoms with Crippen LogP contribution in [0.2, 0.25) is 0 Å². The topological polar surface area (TPSA) is 23.9 Å². The predicted octanol–water partition coefficient (Wildman–Crippen LogP) is 4.22. The van der Waals surface area contributed by atoms with Crippen LogP contribution in [0.5, 0.6) is 0 Å². The van der Waals surface area contributed by atoms with E-state index in [9.17, 15) is 0 Å². The lowest BCUT2D eigenvalue weighted by molar-refractivity contribution is 1.24. The lowest BCUT2D eigenvalue weighted by Crippen LogP contribution is -1.90. The van der Waals surface area contributed by atoms with Crippen molar-refractivity contribution in [2.75, 3.05) is 0 Å². The molecule has 0 atom stereocenters. The minimum atomic E-state index is 0.728. The zero-order chi connectivity index (χ0) is 11.8. The molecule has 80 valence electrons. The van der Waals surface area contributed by atoms with Gasteiger partial charge in [0.2, 0.25) is 0 Å². The Bertz CT molecular complexity index is 340. The van der Waals surface area contributed by atoms with E-state index in [1.54, 1.807) is 0 Å². The number of hydrogen-bond acceptors (Lipinski definition) is 1. The highest BCUT2D eigenvalue weighted by atomic mass is 14.3. The zero-order valence-corrected chi connectivity index (χ0v) is 9.64. The molecule has 0 radical (unpaired) electrons. The molecule has 1 heteroatoms. The van der Waals surface area contributed by atoms with E-state index < -0.39 is 0 Å². The minimum Gasteiger partial charge on any atom is -0.308 e. The molecule has 0 heterocycles. The first-order chi connectivity index (χ1) is 7.06. The average Bonchev–Trinajstić information content (AvgIpc) is 2.26. The van der Waals surface area contributed by atoms with Crippen molar-refractivity contribution in [1.29, 1.82) is 5.41 Å². The van der Waals surface area contributed by atoms with Gasteiger partial charge >= 0.3 is 0 Å². The van der Waals surface area contributed by atoms with E-state index in [1.807, 2.05) is 32.1 Å². The first kappa shape index (κ1) is 13.4. The van der Waals surface area contributed by atoms with Gasteiger partial charge in [0.15, 0.2) is 0 Å². The molecule has 0 fully saturated rings. The van der Waals surface area contributed by atoms with Gasteiger partial charge < -0.3 is 5.41 Å². The van der Waals surface area contributed by atoms with Crippen LogP contribution in [0.25, 0.3) is 0 Å². The van der Waals surface area contributed by atoms with E-state index in [0.29, 0.717) is 0 Å². The highest BCUT2D eigenvalue weighted by Gasteiger charge is 1.99.